The van der Waals surface area contributed by atoms with Crippen molar-refractivity contribution >= 4 is 23.3 Å². The first-order valence-electron chi connectivity index (χ1n) is 11.3. The Labute approximate surface area is 204 Å². The van der Waals surface area contributed by atoms with Gasteiger partial charge in [0.25, 0.3) is 5.56 Å². The van der Waals surface area contributed by atoms with Crippen LogP contribution in [0.25, 0.3) is 16.6 Å². The van der Waals surface area contributed by atoms with Crippen LogP contribution < -0.4 is 10.3 Å². The quantitative estimate of drug-likeness (QED) is 0.416. The molecule has 0 saturated heterocycles. The molecule has 0 saturated carbocycles. The van der Waals surface area contributed by atoms with E-state index in [1.807, 2.05) is 6.07 Å². The molecule has 0 atom stereocenters. The average molecular weight is 483 g/mol. The molecule has 178 valence electrons. The van der Waals surface area contributed by atoms with Crippen LogP contribution in [0.1, 0.15) is 30.3 Å². The van der Waals surface area contributed by atoms with Crippen LogP contribution in [0.4, 0.5) is 4.39 Å². The van der Waals surface area contributed by atoms with Crippen LogP contribution in [-0.2, 0) is 26.6 Å². The molecular weight excluding hydrogens is 455 g/mol. The van der Waals surface area contributed by atoms with Crippen molar-refractivity contribution in [1.29, 1.82) is 0 Å². The normalized spacial score (nSPS) is 13.9. The number of aryl methyl sites for hydroxylation is 1. The molecule has 6 nitrogen and oxygen atoms in total. The highest BCUT2D eigenvalue weighted by Crippen LogP contribution is 2.31. The molecule has 0 spiro atoms. The first-order chi connectivity index (χ1) is 16.0. The van der Waals surface area contributed by atoms with Gasteiger partial charge >= 0.3 is 0 Å². The summed E-state index contributed by atoms with van der Waals surface area (Å²) in [6.45, 7) is 5.53. The van der Waals surface area contributed by atoms with Crippen molar-refractivity contribution in [2.75, 3.05) is 13.1 Å². The van der Waals surface area contributed by atoms with Gasteiger partial charge in [0.2, 0.25) is 0 Å². The zero-order valence-corrected chi connectivity index (χ0v) is 20.1. The van der Waals surface area contributed by atoms with Gasteiger partial charge in [0.15, 0.2) is 0 Å². The van der Waals surface area contributed by atoms with E-state index in [9.17, 15) is 9.18 Å². The van der Waals surface area contributed by atoms with Crippen LogP contribution in [0.3, 0.4) is 0 Å². The number of aromatic nitrogens is 3. The van der Waals surface area contributed by atoms with E-state index < -0.39 is 5.82 Å². The van der Waals surface area contributed by atoms with Gasteiger partial charge in [-0.2, -0.15) is 0 Å². The summed E-state index contributed by atoms with van der Waals surface area (Å²) in [5, 5.41) is 1.26. The smallest absolute Gasteiger partial charge is 0.258 e. The monoisotopic (exact) mass is 482 g/mol. The molecule has 8 heteroatoms. The minimum absolute atomic E-state index is 0. The third-order valence-electron chi connectivity index (χ3n) is 6.48. The predicted molar refractivity (Wildman–Crippen MR) is 134 cm³/mol. The summed E-state index contributed by atoms with van der Waals surface area (Å²) in [5.41, 5.74) is 5.18. The van der Waals surface area contributed by atoms with E-state index in [4.69, 9.17) is 4.74 Å². The van der Waals surface area contributed by atoms with Gasteiger partial charge in [0.05, 0.1) is 23.1 Å². The van der Waals surface area contributed by atoms with Gasteiger partial charge in [0.1, 0.15) is 18.2 Å². The fourth-order valence-corrected chi connectivity index (χ4v) is 4.66. The molecule has 4 aromatic rings. The topological polar surface area (TPSA) is 52.3 Å². The zero-order chi connectivity index (χ0) is 22.9. The number of benzene rings is 1. The number of fused-ring (bicyclic) bond motifs is 3. The summed E-state index contributed by atoms with van der Waals surface area (Å²) >= 11 is 0. The lowest BCUT2D eigenvalue weighted by Gasteiger charge is -2.17. The third-order valence-corrected chi connectivity index (χ3v) is 6.48. The number of rotatable bonds is 5. The minimum atomic E-state index is -0.393. The Bertz CT molecular complexity index is 1360. The third kappa shape index (κ3) is 4.58. The van der Waals surface area contributed by atoms with Crippen molar-refractivity contribution in [3.63, 3.8) is 0 Å². The first kappa shape index (κ1) is 24.0. The summed E-state index contributed by atoms with van der Waals surface area (Å²) in [6, 6.07) is 12.4. The van der Waals surface area contributed by atoms with E-state index in [2.05, 4.69) is 40.6 Å². The molecule has 0 radical (unpaired) electrons. The lowest BCUT2D eigenvalue weighted by atomic mass is 10.1. The first-order valence-corrected chi connectivity index (χ1v) is 11.3. The van der Waals surface area contributed by atoms with Crippen LogP contribution in [-0.4, -0.2) is 32.1 Å². The molecule has 5 rings (SSSR count). The number of hydrogen-bond acceptors (Lipinski definition) is 4. The lowest BCUT2D eigenvalue weighted by molar-refractivity contribution is 0.285. The maximum absolute atomic E-state index is 13.0. The number of halogens is 2. The maximum Gasteiger partial charge on any atom is 0.258 e. The van der Waals surface area contributed by atoms with Crippen LogP contribution in [0.15, 0.2) is 59.7 Å². The highest BCUT2D eigenvalue weighted by atomic mass is 35.5. The molecule has 1 aliphatic rings. The van der Waals surface area contributed by atoms with Gasteiger partial charge in [-0.05, 0) is 61.8 Å². The Morgan fingerprint density at radius 3 is 2.74 bits per heavy atom. The van der Waals surface area contributed by atoms with Crippen molar-refractivity contribution in [2.45, 2.75) is 32.9 Å². The van der Waals surface area contributed by atoms with Gasteiger partial charge in [0, 0.05) is 36.9 Å². The van der Waals surface area contributed by atoms with Gasteiger partial charge in [-0.3, -0.25) is 19.2 Å². The van der Waals surface area contributed by atoms with Crippen molar-refractivity contribution in [2.24, 2.45) is 7.05 Å². The molecule has 0 aliphatic carbocycles. The number of pyridine rings is 2. The summed E-state index contributed by atoms with van der Waals surface area (Å²) in [5.74, 6) is 0.0596. The van der Waals surface area contributed by atoms with Crippen molar-refractivity contribution in [1.82, 2.24) is 19.0 Å². The highest BCUT2D eigenvalue weighted by Gasteiger charge is 2.20. The fourth-order valence-electron chi connectivity index (χ4n) is 4.66. The summed E-state index contributed by atoms with van der Waals surface area (Å²) in [6.07, 6.45) is 5.10. The molecule has 34 heavy (non-hydrogen) atoms. The Morgan fingerprint density at radius 2 is 2.00 bits per heavy atom. The summed E-state index contributed by atoms with van der Waals surface area (Å²) < 4.78 is 22.6. The second kappa shape index (κ2) is 9.99. The summed E-state index contributed by atoms with van der Waals surface area (Å²) in [7, 11) is 2.12. The molecule has 1 aromatic carbocycles. The molecule has 0 unspecified atom stereocenters. The Balaban J connectivity index is 0.00000274. The molecule has 1 aliphatic heterocycles. The molecule has 4 heterocycles. The largest absolute Gasteiger partial charge is 0.487 e. The molecular formula is C26H28ClFN4O2. The number of hydrogen-bond donors (Lipinski definition) is 0. The van der Waals surface area contributed by atoms with E-state index in [1.165, 1.54) is 28.8 Å². The molecule has 3 aromatic heterocycles. The van der Waals surface area contributed by atoms with E-state index in [1.54, 1.807) is 22.9 Å². The Hall–Kier alpha value is -3.16. The lowest BCUT2D eigenvalue weighted by Crippen LogP contribution is -2.22. The van der Waals surface area contributed by atoms with Crippen molar-refractivity contribution in [3.8, 4) is 11.4 Å². The predicted octanol–water partition coefficient (Wildman–Crippen LogP) is 4.63. The Kier molecular flexibility index (Phi) is 7.05. The van der Waals surface area contributed by atoms with Crippen LogP contribution >= 0.6 is 12.4 Å². The summed E-state index contributed by atoms with van der Waals surface area (Å²) in [4.78, 5) is 19.3. The molecule has 0 bridgehead atoms. The van der Waals surface area contributed by atoms with E-state index >= 15 is 0 Å². The van der Waals surface area contributed by atoms with Crippen LogP contribution in [0.5, 0.6) is 5.75 Å². The van der Waals surface area contributed by atoms with E-state index in [0.717, 1.165) is 49.9 Å². The second-order valence-corrected chi connectivity index (χ2v) is 8.49. The van der Waals surface area contributed by atoms with Crippen molar-refractivity contribution < 1.29 is 9.13 Å². The van der Waals surface area contributed by atoms with Gasteiger partial charge in [-0.15, -0.1) is 12.4 Å². The second-order valence-electron chi connectivity index (χ2n) is 8.49. The molecule has 0 amide bonds. The number of nitrogens with zero attached hydrogens (tertiary/aromatic N) is 4. The van der Waals surface area contributed by atoms with E-state index in [0.29, 0.717) is 11.4 Å². The van der Waals surface area contributed by atoms with Gasteiger partial charge < -0.3 is 9.30 Å². The highest BCUT2D eigenvalue weighted by molar-refractivity contribution is 5.87. The SMILES string of the molecule is CCN1CCCc2c(c3ccc(-n4ccc(OCc5ccc(F)cn5)cc4=O)cc3n2C)C1.Cl. The van der Waals surface area contributed by atoms with Crippen LogP contribution in [0.2, 0.25) is 0 Å². The van der Waals surface area contributed by atoms with Crippen molar-refractivity contribution in [3.05, 3.63) is 88.0 Å². The van der Waals surface area contributed by atoms with Gasteiger partial charge in [-0.25, -0.2) is 4.39 Å². The number of ether oxygens (including phenoxy) is 1. The molecule has 0 fully saturated rings. The zero-order valence-electron chi connectivity index (χ0n) is 19.3. The van der Waals surface area contributed by atoms with E-state index in [-0.39, 0.29) is 24.6 Å². The fraction of sp³-hybridized carbons (Fsp3) is 0.308. The standard InChI is InChI=1S/C26H27FN4O2.ClH/c1-3-30-11-4-5-24-23(16-30)22-9-8-20(13-25(22)29(24)2)31-12-10-21(14-26(31)32)33-17-19-7-6-18(27)15-28-19;/h6-10,12-15H,3-5,11,16-17H2,1-2H3;1H. The molecule has 0 N–H and O–H groups in total. The Morgan fingerprint density at radius 1 is 1.15 bits per heavy atom. The average Bonchev–Trinajstić information content (AvgIpc) is 2.97. The minimum Gasteiger partial charge on any atom is -0.487 e. The van der Waals surface area contributed by atoms with Gasteiger partial charge in [-0.1, -0.05) is 13.0 Å². The maximum atomic E-state index is 13.0. The van der Waals surface area contributed by atoms with Crippen LogP contribution in [0, 0.1) is 5.82 Å².